The van der Waals surface area contributed by atoms with Crippen LogP contribution in [0.25, 0.3) is 22.4 Å². The lowest BCUT2D eigenvalue weighted by Gasteiger charge is -2.14. The number of aromatic nitrogens is 3. The smallest absolute Gasteiger partial charge is 0.413 e. The van der Waals surface area contributed by atoms with E-state index in [9.17, 15) is 23.5 Å². The number of rotatable bonds is 8. The molecule has 2 N–H and O–H groups in total. The highest BCUT2D eigenvalue weighted by Gasteiger charge is 2.19. The molecule has 11 heteroatoms. The van der Waals surface area contributed by atoms with Gasteiger partial charge in [-0.05, 0) is 47.9 Å². The standard InChI is InChI=1S/C31H24F2N4O5/c1-18(19-6-4-3-5-7-19)41-31(40)34-29-28(35-36-37(29)2)21-10-8-20(9-11-21)22-12-15-26(25(33)16-22)42-27-17-23(32)13-14-24(27)30(38)39/h3-18H,1-2H3,(H,34,40)(H,38,39). The summed E-state index contributed by atoms with van der Waals surface area (Å²) in [6.07, 6.45) is -1.14. The van der Waals surface area contributed by atoms with Gasteiger partial charge in [0.1, 0.15) is 28.9 Å². The quantitative estimate of drug-likeness (QED) is 0.202. The largest absolute Gasteiger partial charge is 0.478 e. The zero-order valence-electron chi connectivity index (χ0n) is 22.4. The van der Waals surface area contributed by atoms with Gasteiger partial charge in [0.25, 0.3) is 0 Å². The first kappa shape index (κ1) is 28.0. The van der Waals surface area contributed by atoms with Gasteiger partial charge in [-0.3, -0.25) is 5.32 Å². The second-order valence-electron chi connectivity index (χ2n) is 9.26. The average Bonchev–Trinajstić information content (AvgIpc) is 3.33. The molecule has 0 radical (unpaired) electrons. The summed E-state index contributed by atoms with van der Waals surface area (Å²) < 4.78 is 40.9. The second-order valence-corrected chi connectivity index (χ2v) is 9.26. The van der Waals surface area contributed by atoms with Gasteiger partial charge in [-0.2, -0.15) is 0 Å². The summed E-state index contributed by atoms with van der Waals surface area (Å²) in [7, 11) is 1.64. The van der Waals surface area contributed by atoms with Gasteiger partial charge in [-0.15, -0.1) is 5.10 Å². The maximum atomic E-state index is 14.9. The van der Waals surface area contributed by atoms with Gasteiger partial charge in [-0.1, -0.05) is 65.9 Å². The maximum absolute atomic E-state index is 14.9. The van der Waals surface area contributed by atoms with Crippen LogP contribution >= 0.6 is 0 Å². The highest BCUT2D eigenvalue weighted by atomic mass is 19.1. The van der Waals surface area contributed by atoms with E-state index in [0.29, 0.717) is 28.2 Å². The molecule has 1 heterocycles. The first-order valence-corrected chi connectivity index (χ1v) is 12.7. The summed E-state index contributed by atoms with van der Waals surface area (Å²) in [5.41, 5.74) is 2.78. The molecule has 9 nitrogen and oxygen atoms in total. The Morgan fingerprint density at radius 3 is 2.26 bits per heavy atom. The van der Waals surface area contributed by atoms with Gasteiger partial charge >= 0.3 is 12.1 Å². The number of carboxylic acid groups (broad SMARTS) is 1. The lowest BCUT2D eigenvalue weighted by atomic mass is 10.0. The number of nitrogens with zero attached hydrogens (tertiary/aromatic N) is 3. The van der Waals surface area contributed by atoms with Crippen LogP contribution in [0.3, 0.4) is 0 Å². The molecule has 5 aromatic rings. The van der Waals surface area contributed by atoms with Crippen molar-refractivity contribution in [2.75, 3.05) is 5.32 Å². The van der Waals surface area contributed by atoms with E-state index < -0.39 is 29.8 Å². The molecule has 42 heavy (non-hydrogen) atoms. The SMILES string of the molecule is CC(OC(=O)Nc1c(-c2ccc(-c3ccc(Oc4cc(F)ccc4C(=O)O)c(F)c3)cc2)nnn1C)c1ccccc1. The fourth-order valence-corrected chi connectivity index (χ4v) is 4.23. The second kappa shape index (κ2) is 11.9. The molecule has 0 spiro atoms. The van der Waals surface area contributed by atoms with Crippen LogP contribution in [0.1, 0.15) is 28.9 Å². The summed E-state index contributed by atoms with van der Waals surface area (Å²) in [6.45, 7) is 1.77. The van der Waals surface area contributed by atoms with Crippen molar-refractivity contribution in [3.8, 4) is 33.9 Å². The molecule has 1 aromatic heterocycles. The number of carbonyl (C=O) groups is 2. The van der Waals surface area contributed by atoms with Crippen molar-refractivity contribution in [3.63, 3.8) is 0 Å². The number of aryl methyl sites for hydroxylation is 1. The molecule has 0 bridgehead atoms. The van der Waals surface area contributed by atoms with E-state index in [1.165, 1.54) is 16.8 Å². The van der Waals surface area contributed by atoms with Crippen LogP contribution in [0.15, 0.2) is 91.0 Å². The molecule has 0 aliphatic carbocycles. The number of anilines is 1. The zero-order valence-corrected chi connectivity index (χ0v) is 22.4. The molecule has 212 valence electrons. The van der Waals surface area contributed by atoms with E-state index in [4.69, 9.17) is 9.47 Å². The summed E-state index contributed by atoms with van der Waals surface area (Å²) in [6, 6.07) is 23.4. The van der Waals surface area contributed by atoms with Crippen molar-refractivity contribution in [2.24, 2.45) is 7.05 Å². The third-order valence-corrected chi connectivity index (χ3v) is 6.42. The third kappa shape index (κ3) is 6.09. The van der Waals surface area contributed by atoms with Crippen LogP contribution in [-0.4, -0.2) is 32.2 Å². The number of aromatic carboxylic acids is 1. The number of ether oxygens (including phenoxy) is 2. The van der Waals surface area contributed by atoms with Crippen LogP contribution in [0.2, 0.25) is 0 Å². The first-order chi connectivity index (χ1) is 20.2. The number of carboxylic acids is 1. The molecular formula is C31H24F2N4O5. The van der Waals surface area contributed by atoms with E-state index in [1.807, 2.05) is 30.3 Å². The van der Waals surface area contributed by atoms with Crippen LogP contribution in [0, 0.1) is 11.6 Å². The molecule has 0 fully saturated rings. The summed E-state index contributed by atoms with van der Waals surface area (Å²) >= 11 is 0. The average molecular weight is 571 g/mol. The van der Waals surface area contributed by atoms with Gasteiger partial charge in [-0.25, -0.2) is 23.1 Å². The van der Waals surface area contributed by atoms with Crippen LogP contribution < -0.4 is 10.1 Å². The van der Waals surface area contributed by atoms with Crippen molar-refractivity contribution in [1.29, 1.82) is 0 Å². The molecule has 1 atom stereocenters. The number of nitrogens with one attached hydrogen (secondary N) is 1. The molecule has 0 saturated heterocycles. The third-order valence-electron chi connectivity index (χ3n) is 6.42. The monoisotopic (exact) mass is 570 g/mol. The van der Waals surface area contributed by atoms with Crippen molar-refractivity contribution < 1.29 is 33.0 Å². The number of hydrogen-bond acceptors (Lipinski definition) is 6. The van der Waals surface area contributed by atoms with Gasteiger partial charge in [0, 0.05) is 18.7 Å². The normalized spacial score (nSPS) is 11.5. The lowest BCUT2D eigenvalue weighted by molar-refractivity contribution is 0.0693. The number of benzene rings is 4. The molecule has 0 aliphatic heterocycles. The fourth-order valence-electron chi connectivity index (χ4n) is 4.23. The molecule has 0 saturated carbocycles. The minimum absolute atomic E-state index is 0.257. The highest BCUT2D eigenvalue weighted by Crippen LogP contribution is 2.33. The lowest BCUT2D eigenvalue weighted by Crippen LogP contribution is -2.18. The van der Waals surface area contributed by atoms with E-state index in [-0.39, 0.29) is 17.1 Å². The Kier molecular flexibility index (Phi) is 7.91. The van der Waals surface area contributed by atoms with Crippen molar-refractivity contribution >= 4 is 17.9 Å². The highest BCUT2D eigenvalue weighted by molar-refractivity contribution is 5.91. The molecule has 5 rings (SSSR count). The summed E-state index contributed by atoms with van der Waals surface area (Å²) in [5, 5.41) is 20.2. The summed E-state index contributed by atoms with van der Waals surface area (Å²) in [5.74, 6) is -3.05. The molecule has 4 aromatic carbocycles. The number of amides is 1. The maximum Gasteiger partial charge on any atom is 0.413 e. The number of carbonyl (C=O) groups excluding carboxylic acids is 1. The first-order valence-electron chi connectivity index (χ1n) is 12.7. The number of halogens is 2. The Bertz CT molecular complexity index is 1760. The molecule has 1 amide bonds. The van der Waals surface area contributed by atoms with Crippen molar-refractivity contribution in [1.82, 2.24) is 15.0 Å². The minimum atomic E-state index is -1.33. The fraction of sp³-hybridized carbons (Fsp3) is 0.0968. The van der Waals surface area contributed by atoms with Gasteiger partial charge in [0.2, 0.25) is 0 Å². The predicted molar refractivity (Wildman–Crippen MR) is 150 cm³/mol. The van der Waals surface area contributed by atoms with E-state index in [0.717, 1.165) is 23.8 Å². The van der Waals surface area contributed by atoms with Gasteiger partial charge in [0.15, 0.2) is 17.4 Å². The molecular weight excluding hydrogens is 546 g/mol. The zero-order chi connectivity index (χ0) is 29.8. The van der Waals surface area contributed by atoms with E-state index in [2.05, 4.69) is 15.6 Å². The van der Waals surface area contributed by atoms with E-state index in [1.54, 1.807) is 44.3 Å². The van der Waals surface area contributed by atoms with Crippen LogP contribution in [0.4, 0.5) is 19.4 Å². The van der Waals surface area contributed by atoms with Crippen LogP contribution in [0.5, 0.6) is 11.5 Å². The van der Waals surface area contributed by atoms with E-state index >= 15 is 0 Å². The van der Waals surface area contributed by atoms with Crippen molar-refractivity contribution in [3.05, 3.63) is 114 Å². The number of hydrogen-bond donors (Lipinski definition) is 2. The molecule has 1 unspecified atom stereocenters. The van der Waals surface area contributed by atoms with Gasteiger partial charge < -0.3 is 14.6 Å². The van der Waals surface area contributed by atoms with Gasteiger partial charge in [0.05, 0.1) is 0 Å². The summed E-state index contributed by atoms with van der Waals surface area (Å²) in [4.78, 5) is 24.0. The Labute approximate surface area is 239 Å². The topological polar surface area (TPSA) is 116 Å². The van der Waals surface area contributed by atoms with Crippen molar-refractivity contribution in [2.45, 2.75) is 13.0 Å². The Balaban J connectivity index is 1.31. The molecule has 0 aliphatic rings. The van der Waals surface area contributed by atoms with Crippen LogP contribution in [-0.2, 0) is 11.8 Å². The Morgan fingerprint density at radius 2 is 1.57 bits per heavy atom. The predicted octanol–water partition coefficient (Wildman–Crippen LogP) is 7.23. The minimum Gasteiger partial charge on any atom is -0.478 e. The Hall–Kier alpha value is -5.58. The Morgan fingerprint density at radius 1 is 0.881 bits per heavy atom.